The molecule has 0 N–H and O–H groups in total. The van der Waals surface area contributed by atoms with Crippen molar-refractivity contribution in [2.24, 2.45) is 0 Å². The predicted molar refractivity (Wildman–Crippen MR) is 231 cm³/mol. The highest BCUT2D eigenvalue weighted by Gasteiger charge is 2.21. The molecular formula is C52H44N2. The molecule has 0 saturated carbocycles. The number of anilines is 6. The van der Waals surface area contributed by atoms with E-state index in [0.29, 0.717) is 0 Å². The molecule has 0 aliphatic carbocycles. The molecule has 0 heterocycles. The molecule has 0 fully saturated rings. The fraction of sp³-hybridized carbons (Fsp3) is 0.0769. The van der Waals surface area contributed by atoms with Gasteiger partial charge in [-0.2, -0.15) is 0 Å². The molecule has 54 heavy (non-hydrogen) atoms. The molecule has 0 aliphatic rings. The van der Waals surface area contributed by atoms with E-state index >= 15 is 0 Å². The van der Waals surface area contributed by atoms with Crippen LogP contribution in [0.5, 0.6) is 0 Å². The zero-order valence-corrected chi connectivity index (χ0v) is 31.4. The van der Waals surface area contributed by atoms with Crippen LogP contribution >= 0.6 is 0 Å². The van der Waals surface area contributed by atoms with Crippen molar-refractivity contribution in [1.82, 2.24) is 0 Å². The Morgan fingerprint density at radius 2 is 0.574 bits per heavy atom. The lowest BCUT2D eigenvalue weighted by molar-refractivity contribution is 1.27. The molecule has 0 unspecified atom stereocenters. The summed E-state index contributed by atoms with van der Waals surface area (Å²) in [6.45, 7) is 8.66. The molecule has 0 bridgehead atoms. The summed E-state index contributed by atoms with van der Waals surface area (Å²) in [5.41, 5.74) is 18.7. The summed E-state index contributed by atoms with van der Waals surface area (Å²) < 4.78 is 0. The monoisotopic (exact) mass is 696 g/mol. The van der Waals surface area contributed by atoms with Crippen LogP contribution in [0.3, 0.4) is 0 Å². The molecule has 0 radical (unpaired) electrons. The van der Waals surface area contributed by atoms with Crippen LogP contribution in [0.2, 0.25) is 0 Å². The van der Waals surface area contributed by atoms with Crippen molar-refractivity contribution in [3.8, 4) is 33.4 Å². The van der Waals surface area contributed by atoms with Crippen LogP contribution in [-0.4, -0.2) is 0 Å². The van der Waals surface area contributed by atoms with Crippen molar-refractivity contribution in [3.63, 3.8) is 0 Å². The van der Waals surface area contributed by atoms with E-state index in [1.807, 2.05) is 0 Å². The number of para-hydroxylation sites is 2. The maximum Gasteiger partial charge on any atom is 0.0468 e. The highest BCUT2D eigenvalue weighted by atomic mass is 15.1. The molecule has 8 rings (SSSR count). The first-order valence-electron chi connectivity index (χ1n) is 18.7. The SMILES string of the molecule is Cc1cccc(-c2cc(N(c3ccccc3)c3cccc(C)c3)ccc2-c2ccc(N(c3ccccc3)c3cccc(C)c3)cc2-c2cccc(C)c2)c1. The standard InChI is InChI=1S/C52H44N2/c1-37-15-11-19-41(31-37)51-35-47(53(43-21-7-5-8-22-43)45-25-13-17-39(3)33-45)27-29-49(51)50-30-28-48(36-52(50)42-20-12-16-38(2)32-42)54(44-23-9-6-10-24-44)46-26-14-18-40(4)34-46/h5-36H,1-4H3. The first-order valence-corrected chi connectivity index (χ1v) is 18.7. The summed E-state index contributed by atoms with van der Waals surface area (Å²) >= 11 is 0. The molecule has 262 valence electrons. The number of hydrogen-bond acceptors (Lipinski definition) is 2. The second-order valence-corrected chi connectivity index (χ2v) is 14.2. The smallest absolute Gasteiger partial charge is 0.0468 e. The second-order valence-electron chi connectivity index (χ2n) is 14.2. The largest absolute Gasteiger partial charge is 0.310 e. The van der Waals surface area contributed by atoms with Crippen molar-refractivity contribution < 1.29 is 0 Å². The van der Waals surface area contributed by atoms with Crippen molar-refractivity contribution in [1.29, 1.82) is 0 Å². The third kappa shape index (κ3) is 7.20. The topological polar surface area (TPSA) is 6.48 Å². The Labute approximate surface area is 320 Å². The van der Waals surface area contributed by atoms with Crippen molar-refractivity contribution in [2.75, 3.05) is 9.80 Å². The third-order valence-electron chi connectivity index (χ3n) is 10.0. The van der Waals surface area contributed by atoms with E-state index < -0.39 is 0 Å². The maximum atomic E-state index is 2.37. The summed E-state index contributed by atoms with van der Waals surface area (Å²) in [4.78, 5) is 4.72. The Kier molecular flexibility index (Phi) is 9.66. The molecule has 0 spiro atoms. The first kappa shape index (κ1) is 34.4. The molecule has 0 atom stereocenters. The summed E-state index contributed by atoms with van der Waals surface area (Å²) in [5.74, 6) is 0. The number of aryl methyl sites for hydroxylation is 4. The highest BCUT2D eigenvalue weighted by molar-refractivity contribution is 5.96. The third-order valence-corrected chi connectivity index (χ3v) is 10.0. The van der Waals surface area contributed by atoms with Gasteiger partial charge in [0.15, 0.2) is 0 Å². The lowest BCUT2D eigenvalue weighted by Gasteiger charge is -2.28. The number of hydrogen-bond donors (Lipinski definition) is 0. The zero-order valence-electron chi connectivity index (χ0n) is 31.4. The molecule has 8 aromatic carbocycles. The van der Waals surface area contributed by atoms with Gasteiger partial charge >= 0.3 is 0 Å². The van der Waals surface area contributed by atoms with Crippen LogP contribution in [0.15, 0.2) is 194 Å². The Bertz CT molecular complexity index is 2370. The second kappa shape index (κ2) is 15.1. The molecule has 0 aliphatic heterocycles. The number of benzene rings is 8. The van der Waals surface area contributed by atoms with Gasteiger partial charge in [-0.3, -0.25) is 0 Å². The minimum Gasteiger partial charge on any atom is -0.310 e. The summed E-state index contributed by atoms with van der Waals surface area (Å²) in [7, 11) is 0. The summed E-state index contributed by atoms with van der Waals surface area (Å²) in [6.07, 6.45) is 0. The molecule has 2 nitrogen and oxygen atoms in total. The molecule has 0 amide bonds. The van der Waals surface area contributed by atoms with Gasteiger partial charge in [-0.05, 0) is 145 Å². The molecule has 0 saturated heterocycles. The van der Waals surface area contributed by atoms with Crippen LogP contribution in [0.25, 0.3) is 33.4 Å². The minimum absolute atomic E-state index is 1.11. The summed E-state index contributed by atoms with van der Waals surface area (Å²) in [6, 6.07) is 70.5. The highest BCUT2D eigenvalue weighted by Crippen LogP contribution is 2.46. The molecule has 8 aromatic rings. The van der Waals surface area contributed by atoms with Crippen LogP contribution in [0, 0.1) is 27.7 Å². The van der Waals surface area contributed by atoms with Crippen LogP contribution in [0.1, 0.15) is 22.3 Å². The fourth-order valence-electron chi connectivity index (χ4n) is 7.50. The van der Waals surface area contributed by atoms with E-state index in [4.69, 9.17) is 0 Å². The van der Waals surface area contributed by atoms with Gasteiger partial charge in [0.2, 0.25) is 0 Å². The average molecular weight is 697 g/mol. The van der Waals surface area contributed by atoms with E-state index in [2.05, 4.69) is 232 Å². The van der Waals surface area contributed by atoms with Crippen LogP contribution in [-0.2, 0) is 0 Å². The molecular weight excluding hydrogens is 653 g/mol. The fourth-order valence-corrected chi connectivity index (χ4v) is 7.50. The normalized spacial score (nSPS) is 11.0. The lowest BCUT2D eigenvalue weighted by atomic mass is 9.87. The molecule has 0 aromatic heterocycles. The predicted octanol–water partition coefficient (Wildman–Crippen LogP) is 14.9. The van der Waals surface area contributed by atoms with Crippen molar-refractivity contribution in [2.45, 2.75) is 27.7 Å². The number of rotatable bonds is 9. The number of nitrogens with zero attached hydrogens (tertiary/aromatic N) is 2. The Morgan fingerprint density at radius 3 is 0.944 bits per heavy atom. The van der Waals surface area contributed by atoms with Crippen LogP contribution in [0.4, 0.5) is 34.1 Å². The van der Waals surface area contributed by atoms with Gasteiger partial charge in [0.1, 0.15) is 0 Å². The Hall–Kier alpha value is -6.64. The van der Waals surface area contributed by atoms with Gasteiger partial charge in [0.25, 0.3) is 0 Å². The van der Waals surface area contributed by atoms with Gasteiger partial charge in [0, 0.05) is 34.1 Å². The van der Waals surface area contributed by atoms with Gasteiger partial charge in [0.05, 0.1) is 0 Å². The van der Waals surface area contributed by atoms with Crippen LogP contribution < -0.4 is 9.80 Å². The van der Waals surface area contributed by atoms with Gasteiger partial charge in [-0.1, -0.05) is 132 Å². The maximum absolute atomic E-state index is 2.37. The Balaban J connectivity index is 1.37. The van der Waals surface area contributed by atoms with Gasteiger partial charge in [-0.15, -0.1) is 0 Å². The van der Waals surface area contributed by atoms with E-state index in [-0.39, 0.29) is 0 Å². The lowest BCUT2D eigenvalue weighted by Crippen LogP contribution is -2.11. The molecule has 2 heteroatoms. The van der Waals surface area contributed by atoms with Crippen molar-refractivity contribution >= 4 is 34.1 Å². The van der Waals surface area contributed by atoms with Gasteiger partial charge < -0.3 is 9.80 Å². The first-order chi connectivity index (χ1) is 26.4. The van der Waals surface area contributed by atoms with E-state index in [0.717, 1.165) is 34.1 Å². The minimum atomic E-state index is 1.11. The van der Waals surface area contributed by atoms with Gasteiger partial charge in [-0.25, -0.2) is 0 Å². The zero-order chi connectivity index (χ0) is 37.0. The summed E-state index contributed by atoms with van der Waals surface area (Å²) in [5, 5.41) is 0. The van der Waals surface area contributed by atoms with E-state index in [1.54, 1.807) is 0 Å². The quantitative estimate of drug-likeness (QED) is 0.148. The Morgan fingerprint density at radius 1 is 0.241 bits per heavy atom. The van der Waals surface area contributed by atoms with Crippen molar-refractivity contribution in [3.05, 3.63) is 216 Å². The van der Waals surface area contributed by atoms with E-state index in [1.165, 1.54) is 55.6 Å². The average Bonchev–Trinajstić information content (AvgIpc) is 3.19. The van der Waals surface area contributed by atoms with E-state index in [9.17, 15) is 0 Å².